The van der Waals surface area contributed by atoms with Crippen LogP contribution in [0, 0.1) is 11.3 Å². The van der Waals surface area contributed by atoms with Crippen molar-refractivity contribution in [1.82, 2.24) is 0 Å². The van der Waals surface area contributed by atoms with Gasteiger partial charge in [-0.15, -0.1) is 0 Å². The molecule has 0 aliphatic carbocycles. The number of carbonyl (C=O) groups excluding carboxylic acids is 1. The predicted molar refractivity (Wildman–Crippen MR) is 102 cm³/mol. The Hall–Kier alpha value is -2.97. The van der Waals surface area contributed by atoms with Crippen molar-refractivity contribution < 1.29 is 14.3 Å². The van der Waals surface area contributed by atoms with E-state index in [1.807, 2.05) is 19.9 Å². The van der Waals surface area contributed by atoms with Crippen molar-refractivity contribution in [3.63, 3.8) is 0 Å². The lowest BCUT2D eigenvalue weighted by atomic mass is 10.1. The van der Waals surface area contributed by atoms with Gasteiger partial charge in [-0.3, -0.25) is 4.79 Å². The Labute approximate surface area is 157 Å². The second kappa shape index (κ2) is 8.93. The fourth-order valence-corrected chi connectivity index (χ4v) is 2.30. The molecule has 0 fully saturated rings. The van der Waals surface area contributed by atoms with Crippen LogP contribution in [0.2, 0.25) is 5.02 Å². The summed E-state index contributed by atoms with van der Waals surface area (Å²) < 4.78 is 11.0. The lowest BCUT2D eigenvalue weighted by molar-refractivity contribution is -0.112. The third-order valence-electron chi connectivity index (χ3n) is 3.33. The maximum Gasteiger partial charge on any atom is 0.266 e. The number of carbonyl (C=O) groups is 1. The zero-order valence-electron chi connectivity index (χ0n) is 14.7. The van der Waals surface area contributed by atoms with Crippen LogP contribution in [-0.4, -0.2) is 19.1 Å². The van der Waals surface area contributed by atoms with Crippen molar-refractivity contribution in [2.45, 2.75) is 20.0 Å². The molecular weight excluding hydrogens is 352 g/mol. The van der Waals surface area contributed by atoms with Crippen molar-refractivity contribution in [2.24, 2.45) is 0 Å². The molecule has 2 rings (SSSR count). The number of nitriles is 1. The minimum absolute atomic E-state index is 0.00474. The number of benzene rings is 2. The van der Waals surface area contributed by atoms with Crippen LogP contribution in [0.25, 0.3) is 6.08 Å². The fourth-order valence-electron chi connectivity index (χ4n) is 2.17. The van der Waals surface area contributed by atoms with E-state index in [1.165, 1.54) is 13.2 Å². The van der Waals surface area contributed by atoms with Gasteiger partial charge >= 0.3 is 0 Å². The van der Waals surface area contributed by atoms with Gasteiger partial charge in [0.15, 0.2) is 11.5 Å². The number of amides is 1. The molecule has 0 heterocycles. The summed E-state index contributed by atoms with van der Waals surface area (Å²) in [6, 6.07) is 13.8. The number of rotatable bonds is 6. The maximum atomic E-state index is 12.3. The first kappa shape index (κ1) is 19.4. The van der Waals surface area contributed by atoms with Crippen molar-refractivity contribution in [3.8, 4) is 17.6 Å². The van der Waals surface area contributed by atoms with E-state index in [0.29, 0.717) is 27.8 Å². The molecule has 0 aromatic heterocycles. The van der Waals surface area contributed by atoms with Gasteiger partial charge in [-0.25, -0.2) is 0 Å². The van der Waals surface area contributed by atoms with Crippen LogP contribution < -0.4 is 14.8 Å². The molecule has 2 aromatic rings. The average Bonchev–Trinajstić information content (AvgIpc) is 2.62. The topological polar surface area (TPSA) is 71.3 Å². The van der Waals surface area contributed by atoms with Gasteiger partial charge in [-0.2, -0.15) is 5.26 Å². The average molecular weight is 371 g/mol. The van der Waals surface area contributed by atoms with Crippen LogP contribution in [0.15, 0.2) is 48.0 Å². The normalized spacial score (nSPS) is 11.0. The summed E-state index contributed by atoms with van der Waals surface area (Å²) in [6.07, 6.45) is 1.50. The molecule has 26 heavy (non-hydrogen) atoms. The number of halogens is 1. The number of hydrogen-bond donors (Lipinski definition) is 1. The molecule has 0 saturated carbocycles. The van der Waals surface area contributed by atoms with E-state index < -0.39 is 5.91 Å². The predicted octanol–water partition coefficient (Wildman–Crippen LogP) is 4.68. The minimum atomic E-state index is -0.503. The molecular formula is C20H19ClN2O3. The van der Waals surface area contributed by atoms with Crippen LogP contribution >= 0.6 is 11.6 Å². The lowest BCUT2D eigenvalue weighted by Gasteiger charge is -2.13. The first-order valence-corrected chi connectivity index (χ1v) is 8.34. The second-order valence-corrected chi connectivity index (χ2v) is 6.14. The van der Waals surface area contributed by atoms with E-state index in [-0.39, 0.29) is 11.7 Å². The standard InChI is InChI=1S/C20H19ClN2O3/c1-13(2)26-18-9-4-14(11-19(18)25-3)10-15(12-22)20(24)23-17-7-5-16(21)6-8-17/h4-11,13H,1-3H3,(H,23,24)/b15-10+. The molecule has 1 amide bonds. The molecule has 0 bridgehead atoms. The SMILES string of the molecule is COc1cc(/C=C(\C#N)C(=O)Nc2ccc(Cl)cc2)ccc1OC(C)C. The quantitative estimate of drug-likeness (QED) is 0.592. The van der Waals surface area contributed by atoms with Gasteiger partial charge in [0.05, 0.1) is 13.2 Å². The Morgan fingerprint density at radius 3 is 2.46 bits per heavy atom. The fraction of sp³-hybridized carbons (Fsp3) is 0.200. The van der Waals surface area contributed by atoms with E-state index in [0.717, 1.165) is 0 Å². The van der Waals surface area contributed by atoms with E-state index in [4.69, 9.17) is 21.1 Å². The molecule has 134 valence electrons. The molecule has 0 spiro atoms. The summed E-state index contributed by atoms with van der Waals surface area (Å²) in [7, 11) is 1.54. The smallest absolute Gasteiger partial charge is 0.266 e. The van der Waals surface area contributed by atoms with Crippen LogP contribution in [0.1, 0.15) is 19.4 Å². The number of methoxy groups -OCH3 is 1. The third-order valence-corrected chi connectivity index (χ3v) is 3.58. The Morgan fingerprint density at radius 1 is 1.19 bits per heavy atom. The van der Waals surface area contributed by atoms with Gasteiger partial charge in [0, 0.05) is 10.7 Å². The largest absolute Gasteiger partial charge is 0.493 e. The van der Waals surface area contributed by atoms with Crippen molar-refractivity contribution in [2.75, 3.05) is 12.4 Å². The number of nitrogens with zero attached hydrogens (tertiary/aromatic N) is 1. The lowest BCUT2D eigenvalue weighted by Crippen LogP contribution is -2.13. The Kier molecular flexibility index (Phi) is 6.65. The van der Waals surface area contributed by atoms with Crippen LogP contribution in [0.3, 0.4) is 0 Å². The monoisotopic (exact) mass is 370 g/mol. The van der Waals surface area contributed by atoms with E-state index in [2.05, 4.69) is 5.32 Å². The summed E-state index contributed by atoms with van der Waals surface area (Å²) in [4.78, 5) is 12.3. The third kappa shape index (κ3) is 5.27. The summed E-state index contributed by atoms with van der Waals surface area (Å²) in [5.41, 5.74) is 1.18. The van der Waals surface area contributed by atoms with Crippen LogP contribution in [0.5, 0.6) is 11.5 Å². The van der Waals surface area contributed by atoms with E-state index >= 15 is 0 Å². The molecule has 1 N–H and O–H groups in total. The van der Waals surface area contributed by atoms with Gasteiger partial charge in [0.1, 0.15) is 11.6 Å². The summed E-state index contributed by atoms with van der Waals surface area (Å²) in [6.45, 7) is 3.84. The first-order valence-electron chi connectivity index (χ1n) is 7.96. The van der Waals surface area contributed by atoms with Gasteiger partial charge in [-0.05, 0) is 61.9 Å². The van der Waals surface area contributed by atoms with Crippen LogP contribution in [-0.2, 0) is 4.79 Å². The molecule has 0 radical (unpaired) electrons. The maximum absolute atomic E-state index is 12.3. The van der Waals surface area contributed by atoms with E-state index in [9.17, 15) is 10.1 Å². The highest BCUT2D eigenvalue weighted by Gasteiger charge is 2.11. The molecule has 0 aliphatic heterocycles. The number of ether oxygens (including phenoxy) is 2. The first-order chi connectivity index (χ1) is 12.4. The molecule has 2 aromatic carbocycles. The summed E-state index contributed by atoms with van der Waals surface area (Å²) in [5.74, 6) is 0.628. The Bertz CT molecular complexity index is 852. The highest BCUT2D eigenvalue weighted by Crippen LogP contribution is 2.29. The van der Waals surface area contributed by atoms with Crippen molar-refractivity contribution in [1.29, 1.82) is 5.26 Å². The zero-order chi connectivity index (χ0) is 19.1. The van der Waals surface area contributed by atoms with Crippen molar-refractivity contribution >= 4 is 29.3 Å². The van der Waals surface area contributed by atoms with E-state index in [1.54, 1.807) is 42.5 Å². The second-order valence-electron chi connectivity index (χ2n) is 5.71. The highest BCUT2D eigenvalue weighted by molar-refractivity contribution is 6.30. The number of anilines is 1. The number of nitrogens with one attached hydrogen (secondary N) is 1. The summed E-state index contributed by atoms with van der Waals surface area (Å²) in [5, 5.41) is 12.6. The van der Waals surface area contributed by atoms with Gasteiger partial charge < -0.3 is 14.8 Å². The molecule has 6 heteroatoms. The molecule has 5 nitrogen and oxygen atoms in total. The molecule has 0 unspecified atom stereocenters. The molecule has 0 aliphatic rings. The van der Waals surface area contributed by atoms with Gasteiger partial charge in [0.2, 0.25) is 0 Å². The molecule has 0 atom stereocenters. The van der Waals surface area contributed by atoms with Gasteiger partial charge in [0.25, 0.3) is 5.91 Å². The molecule has 0 saturated heterocycles. The van der Waals surface area contributed by atoms with Crippen molar-refractivity contribution in [3.05, 3.63) is 58.6 Å². The minimum Gasteiger partial charge on any atom is -0.493 e. The Balaban J connectivity index is 2.23. The van der Waals surface area contributed by atoms with Crippen LogP contribution in [0.4, 0.5) is 5.69 Å². The highest BCUT2D eigenvalue weighted by atomic mass is 35.5. The number of hydrogen-bond acceptors (Lipinski definition) is 4. The summed E-state index contributed by atoms with van der Waals surface area (Å²) >= 11 is 5.82. The zero-order valence-corrected chi connectivity index (χ0v) is 15.5. The Morgan fingerprint density at radius 2 is 1.88 bits per heavy atom. The van der Waals surface area contributed by atoms with Gasteiger partial charge in [-0.1, -0.05) is 17.7 Å².